The Hall–Kier alpha value is -3.62. The van der Waals surface area contributed by atoms with Crippen molar-refractivity contribution in [1.82, 2.24) is 24.5 Å². The minimum atomic E-state index is -4.47. The summed E-state index contributed by atoms with van der Waals surface area (Å²) in [6, 6.07) is 10.1. The summed E-state index contributed by atoms with van der Waals surface area (Å²) >= 11 is 0. The van der Waals surface area contributed by atoms with Crippen LogP contribution in [0.2, 0.25) is 0 Å². The van der Waals surface area contributed by atoms with Crippen LogP contribution >= 0.6 is 0 Å². The van der Waals surface area contributed by atoms with Crippen LogP contribution in [0, 0.1) is 5.82 Å². The molecule has 1 aromatic heterocycles. The molecule has 9 nitrogen and oxygen atoms in total. The first kappa shape index (κ1) is 31.8. The zero-order valence-corrected chi connectivity index (χ0v) is 25.0. The molecule has 0 aliphatic carbocycles. The van der Waals surface area contributed by atoms with Crippen LogP contribution in [0.4, 0.5) is 23.5 Å². The lowest BCUT2D eigenvalue weighted by Crippen LogP contribution is -2.45. The predicted molar refractivity (Wildman–Crippen MR) is 156 cm³/mol. The van der Waals surface area contributed by atoms with Gasteiger partial charge in [0.1, 0.15) is 11.9 Å². The second kappa shape index (κ2) is 13.2. The van der Waals surface area contributed by atoms with Gasteiger partial charge in [-0.3, -0.25) is 4.79 Å². The third kappa shape index (κ3) is 7.36. The van der Waals surface area contributed by atoms with Crippen LogP contribution in [0.1, 0.15) is 43.4 Å². The van der Waals surface area contributed by atoms with Gasteiger partial charge in [-0.25, -0.2) is 22.8 Å². The number of nitrogens with one attached hydrogen (secondary N) is 2. The number of halogens is 4. The van der Waals surface area contributed by atoms with Gasteiger partial charge in [-0.05, 0) is 88.2 Å². The minimum absolute atomic E-state index is 0.0596. The van der Waals surface area contributed by atoms with Gasteiger partial charge in [-0.1, -0.05) is 12.1 Å². The standard InChI is InChI=1S/C30H34F4N6O3S/c1-39-16-2-4-24(39)14-15-35-29-37-23(18-26(38-29)20-6-8-21(9-7-20)30(32,33)34)19-36-28(41)27-5-3-17-40(27)44(42,43)25-12-10-22(31)11-13-25/h6-13,18,24,27H,2-5,14-17,19H2,1H3,(H,36,41)(H,35,37,38)/t24-,27+/m1/s1. The lowest BCUT2D eigenvalue weighted by molar-refractivity contribution is -0.137. The molecule has 0 spiro atoms. The second-order valence-electron chi connectivity index (χ2n) is 11.1. The monoisotopic (exact) mass is 634 g/mol. The van der Waals surface area contributed by atoms with Gasteiger partial charge in [-0.2, -0.15) is 17.5 Å². The van der Waals surface area contributed by atoms with Crippen molar-refractivity contribution >= 4 is 21.9 Å². The molecular formula is C30H34F4N6O3S. The molecule has 2 fully saturated rings. The molecule has 3 heterocycles. The van der Waals surface area contributed by atoms with Gasteiger partial charge in [0.05, 0.1) is 28.4 Å². The Morgan fingerprint density at radius 2 is 1.70 bits per heavy atom. The maximum absolute atomic E-state index is 13.4. The summed E-state index contributed by atoms with van der Waals surface area (Å²) in [5, 5.41) is 5.98. The second-order valence-corrected chi connectivity index (χ2v) is 13.0. The van der Waals surface area contributed by atoms with Crippen molar-refractivity contribution in [3.8, 4) is 11.3 Å². The minimum Gasteiger partial charge on any atom is -0.354 e. The molecule has 2 atom stereocenters. The Kier molecular flexibility index (Phi) is 9.51. The average Bonchev–Trinajstić information content (AvgIpc) is 3.66. The average molecular weight is 635 g/mol. The Labute approximate surface area is 253 Å². The lowest BCUT2D eigenvalue weighted by Gasteiger charge is -2.23. The zero-order valence-electron chi connectivity index (χ0n) is 24.1. The Morgan fingerprint density at radius 3 is 2.36 bits per heavy atom. The van der Waals surface area contributed by atoms with Gasteiger partial charge in [0.25, 0.3) is 0 Å². The molecule has 5 rings (SSSR count). The number of carbonyl (C=O) groups excluding carboxylic acids is 1. The van der Waals surface area contributed by atoms with Crippen molar-refractivity contribution in [2.45, 2.75) is 61.8 Å². The van der Waals surface area contributed by atoms with Crippen molar-refractivity contribution in [3.05, 3.63) is 71.7 Å². The molecule has 0 radical (unpaired) electrons. The molecular weight excluding hydrogens is 600 g/mol. The molecule has 2 saturated heterocycles. The van der Waals surface area contributed by atoms with Gasteiger partial charge in [0, 0.05) is 24.7 Å². The lowest BCUT2D eigenvalue weighted by atomic mass is 10.1. The number of carbonyl (C=O) groups is 1. The Balaban J connectivity index is 1.32. The topological polar surface area (TPSA) is 108 Å². The summed E-state index contributed by atoms with van der Waals surface area (Å²) < 4.78 is 80.3. The molecule has 0 saturated carbocycles. The third-order valence-electron chi connectivity index (χ3n) is 8.09. The third-order valence-corrected chi connectivity index (χ3v) is 10.0. The highest BCUT2D eigenvalue weighted by Gasteiger charge is 2.39. The van der Waals surface area contributed by atoms with E-state index >= 15 is 0 Å². The quantitative estimate of drug-likeness (QED) is 0.312. The molecule has 2 aliphatic rings. The van der Waals surface area contributed by atoms with Crippen molar-refractivity contribution in [2.75, 3.05) is 32.0 Å². The molecule has 3 aromatic rings. The highest BCUT2D eigenvalue weighted by atomic mass is 32.2. The van der Waals surface area contributed by atoms with E-state index in [1.807, 2.05) is 0 Å². The fraction of sp³-hybridized carbons (Fsp3) is 0.433. The van der Waals surface area contributed by atoms with Crippen LogP contribution in [-0.4, -0.2) is 72.3 Å². The van der Waals surface area contributed by atoms with Crippen LogP contribution < -0.4 is 10.6 Å². The molecule has 14 heteroatoms. The van der Waals surface area contributed by atoms with E-state index in [0.29, 0.717) is 42.4 Å². The maximum atomic E-state index is 13.4. The van der Waals surface area contributed by atoms with Crippen LogP contribution in [0.25, 0.3) is 11.3 Å². The smallest absolute Gasteiger partial charge is 0.354 e. The number of hydrogen-bond acceptors (Lipinski definition) is 7. The van der Waals surface area contributed by atoms with E-state index in [4.69, 9.17) is 0 Å². The first-order valence-corrected chi connectivity index (χ1v) is 15.9. The van der Waals surface area contributed by atoms with E-state index in [2.05, 4.69) is 32.5 Å². The Morgan fingerprint density at radius 1 is 1.00 bits per heavy atom. The van der Waals surface area contributed by atoms with Crippen molar-refractivity contribution in [1.29, 1.82) is 0 Å². The molecule has 0 unspecified atom stereocenters. The molecule has 44 heavy (non-hydrogen) atoms. The van der Waals surface area contributed by atoms with Gasteiger partial charge in [0.15, 0.2) is 0 Å². The molecule has 2 N–H and O–H groups in total. The van der Waals surface area contributed by atoms with E-state index in [1.165, 1.54) is 24.3 Å². The van der Waals surface area contributed by atoms with E-state index in [9.17, 15) is 30.8 Å². The molecule has 236 valence electrons. The van der Waals surface area contributed by atoms with Crippen LogP contribution in [-0.2, 0) is 27.5 Å². The number of benzene rings is 2. The number of likely N-dealkylation sites (tertiary alicyclic amines) is 1. The van der Waals surface area contributed by atoms with E-state index in [1.54, 1.807) is 6.07 Å². The summed E-state index contributed by atoms with van der Waals surface area (Å²) in [7, 11) is -1.95. The van der Waals surface area contributed by atoms with Crippen molar-refractivity contribution in [3.63, 3.8) is 0 Å². The number of amides is 1. The van der Waals surface area contributed by atoms with E-state index in [-0.39, 0.29) is 23.9 Å². The SMILES string of the molecule is CN1CCC[C@@H]1CCNc1nc(CNC(=O)[C@@H]2CCCN2S(=O)(=O)c2ccc(F)cc2)cc(-c2ccc(C(F)(F)F)cc2)n1. The molecule has 1 amide bonds. The van der Waals surface area contributed by atoms with Crippen LogP contribution in [0.5, 0.6) is 0 Å². The molecule has 0 bridgehead atoms. The summed E-state index contributed by atoms with van der Waals surface area (Å²) in [4.78, 5) is 24.5. The normalized spacial score (nSPS) is 19.8. The van der Waals surface area contributed by atoms with Gasteiger partial charge in [-0.15, -0.1) is 0 Å². The Bertz CT molecular complexity index is 1570. The fourth-order valence-electron chi connectivity index (χ4n) is 5.67. The predicted octanol–water partition coefficient (Wildman–Crippen LogP) is 4.67. The maximum Gasteiger partial charge on any atom is 0.416 e. The highest BCUT2D eigenvalue weighted by molar-refractivity contribution is 7.89. The number of anilines is 1. The zero-order chi connectivity index (χ0) is 31.5. The summed E-state index contributed by atoms with van der Waals surface area (Å²) in [6.07, 6.45) is -0.594. The fourth-order valence-corrected chi connectivity index (χ4v) is 7.32. The van der Waals surface area contributed by atoms with E-state index in [0.717, 1.165) is 54.4 Å². The van der Waals surface area contributed by atoms with Crippen molar-refractivity contribution in [2.24, 2.45) is 0 Å². The van der Waals surface area contributed by atoms with Gasteiger partial charge >= 0.3 is 6.18 Å². The van der Waals surface area contributed by atoms with Crippen LogP contribution in [0.15, 0.2) is 59.5 Å². The number of aromatic nitrogens is 2. The van der Waals surface area contributed by atoms with E-state index < -0.39 is 39.5 Å². The van der Waals surface area contributed by atoms with Gasteiger partial charge < -0.3 is 15.5 Å². The first-order chi connectivity index (χ1) is 20.9. The summed E-state index contributed by atoms with van der Waals surface area (Å²) in [6.45, 7) is 1.71. The number of hydrogen-bond donors (Lipinski definition) is 2. The number of alkyl halides is 3. The molecule has 2 aliphatic heterocycles. The van der Waals surface area contributed by atoms with Crippen LogP contribution in [0.3, 0.4) is 0 Å². The summed E-state index contributed by atoms with van der Waals surface area (Å²) in [5.74, 6) is -0.810. The summed E-state index contributed by atoms with van der Waals surface area (Å²) in [5.41, 5.74) is 0.437. The number of nitrogens with zero attached hydrogens (tertiary/aromatic N) is 4. The van der Waals surface area contributed by atoms with Gasteiger partial charge in [0.2, 0.25) is 21.9 Å². The first-order valence-electron chi connectivity index (χ1n) is 14.5. The highest BCUT2D eigenvalue weighted by Crippen LogP contribution is 2.31. The van der Waals surface area contributed by atoms with Crippen molar-refractivity contribution < 1.29 is 30.8 Å². The molecule has 2 aromatic carbocycles. The number of sulfonamides is 1. The largest absolute Gasteiger partial charge is 0.416 e. The number of rotatable bonds is 10.